The summed E-state index contributed by atoms with van der Waals surface area (Å²) in [6.07, 6.45) is 1.58. The monoisotopic (exact) mass is 493 g/mol. The number of nitrogens with one attached hydrogen (secondary N) is 2. The number of ether oxygens (including phenoxy) is 1. The van der Waals surface area contributed by atoms with E-state index in [1.165, 1.54) is 24.3 Å². The van der Waals surface area contributed by atoms with Crippen LogP contribution in [0.4, 0.5) is 17.1 Å². The summed E-state index contributed by atoms with van der Waals surface area (Å²) in [6.45, 7) is 3.24. The van der Waals surface area contributed by atoms with E-state index in [0.717, 1.165) is 37.6 Å². The topological polar surface area (TPSA) is 130 Å². The van der Waals surface area contributed by atoms with Gasteiger partial charge in [0, 0.05) is 56.2 Å². The maximum absolute atomic E-state index is 12.5. The summed E-state index contributed by atoms with van der Waals surface area (Å²) >= 11 is 0. The highest BCUT2D eigenvalue weighted by atomic mass is 16.6. The van der Waals surface area contributed by atoms with Crippen LogP contribution in [0.3, 0.4) is 0 Å². The minimum absolute atomic E-state index is 0.106. The lowest BCUT2D eigenvalue weighted by Crippen LogP contribution is -2.50. The number of amides is 2. The summed E-state index contributed by atoms with van der Waals surface area (Å²) in [7, 11) is 1.64. The van der Waals surface area contributed by atoms with Crippen LogP contribution in [0.1, 0.15) is 11.8 Å². The number of carbonyl (C=O) groups is 2. The normalized spacial score (nSPS) is 14.6. The Morgan fingerprint density at radius 2 is 1.72 bits per heavy atom. The lowest BCUT2D eigenvalue weighted by Gasteiger charge is -2.39. The molecule has 11 nitrogen and oxygen atoms in total. The van der Waals surface area contributed by atoms with Crippen molar-refractivity contribution < 1.29 is 23.7 Å². The molecule has 1 saturated heterocycles. The summed E-state index contributed by atoms with van der Waals surface area (Å²) in [5.41, 5.74) is 1.30. The van der Waals surface area contributed by atoms with Gasteiger partial charge in [-0.05, 0) is 48.5 Å². The van der Waals surface area contributed by atoms with Crippen molar-refractivity contribution in [1.29, 1.82) is 0 Å². The molecule has 1 aromatic heterocycles. The quantitative estimate of drug-likeness (QED) is 0.278. The highest BCUT2D eigenvalue weighted by molar-refractivity contribution is 6.39. The van der Waals surface area contributed by atoms with E-state index in [1.54, 1.807) is 19.4 Å². The number of non-ortho nitro benzene ring substituents is 1. The number of methoxy groups -OCH3 is 1. The average molecular weight is 494 g/mol. The summed E-state index contributed by atoms with van der Waals surface area (Å²) < 4.78 is 10.9. The molecule has 2 amide bonds. The van der Waals surface area contributed by atoms with E-state index in [1.807, 2.05) is 30.3 Å². The van der Waals surface area contributed by atoms with E-state index < -0.39 is 16.7 Å². The maximum atomic E-state index is 12.5. The van der Waals surface area contributed by atoms with Crippen molar-refractivity contribution in [2.24, 2.45) is 0 Å². The largest absolute Gasteiger partial charge is 0.497 e. The number of rotatable bonds is 8. The van der Waals surface area contributed by atoms with Crippen LogP contribution in [0, 0.1) is 10.1 Å². The minimum atomic E-state index is -0.855. The Labute approximate surface area is 207 Å². The molecule has 36 heavy (non-hydrogen) atoms. The fourth-order valence-corrected chi connectivity index (χ4v) is 4.10. The zero-order chi connectivity index (χ0) is 25.5. The Hall–Kier alpha value is -4.38. The summed E-state index contributed by atoms with van der Waals surface area (Å²) in [4.78, 5) is 39.5. The van der Waals surface area contributed by atoms with Crippen molar-refractivity contribution in [2.45, 2.75) is 6.04 Å². The van der Waals surface area contributed by atoms with Gasteiger partial charge in [-0.3, -0.25) is 24.6 Å². The van der Waals surface area contributed by atoms with Crippen molar-refractivity contribution in [3.8, 4) is 5.75 Å². The average Bonchev–Trinajstić information content (AvgIpc) is 3.44. The number of nitro groups is 1. The number of hydrogen-bond acceptors (Lipinski definition) is 8. The van der Waals surface area contributed by atoms with Crippen molar-refractivity contribution in [2.75, 3.05) is 50.1 Å². The predicted octanol–water partition coefficient (Wildman–Crippen LogP) is 2.81. The van der Waals surface area contributed by atoms with Gasteiger partial charge in [0.2, 0.25) is 0 Å². The molecule has 1 unspecified atom stereocenters. The molecule has 0 spiro atoms. The van der Waals surface area contributed by atoms with Gasteiger partial charge in [0.05, 0.1) is 24.3 Å². The van der Waals surface area contributed by atoms with Gasteiger partial charge in [-0.2, -0.15) is 0 Å². The third-order valence-corrected chi connectivity index (χ3v) is 6.06. The number of carbonyl (C=O) groups excluding carboxylic acids is 2. The van der Waals surface area contributed by atoms with Crippen LogP contribution in [-0.2, 0) is 9.59 Å². The Bertz CT molecular complexity index is 1170. The minimum Gasteiger partial charge on any atom is -0.497 e. The first-order valence-corrected chi connectivity index (χ1v) is 11.4. The SMILES string of the molecule is COc1ccc(N2CCN(C(CNC(=O)C(=O)Nc3ccc([N+](=O)[O-])cc3)c3ccco3)CC2)cc1. The van der Waals surface area contributed by atoms with E-state index in [4.69, 9.17) is 9.15 Å². The van der Waals surface area contributed by atoms with Gasteiger partial charge >= 0.3 is 11.8 Å². The molecule has 1 aliphatic heterocycles. The van der Waals surface area contributed by atoms with Crippen LogP contribution in [0.15, 0.2) is 71.3 Å². The Morgan fingerprint density at radius 3 is 2.31 bits per heavy atom. The van der Waals surface area contributed by atoms with Crippen molar-refractivity contribution in [1.82, 2.24) is 10.2 Å². The summed E-state index contributed by atoms with van der Waals surface area (Å²) in [6, 6.07) is 16.6. The molecule has 1 atom stereocenters. The molecule has 2 aromatic carbocycles. The molecule has 188 valence electrons. The highest BCUT2D eigenvalue weighted by Gasteiger charge is 2.28. The van der Waals surface area contributed by atoms with Crippen LogP contribution in [0.2, 0.25) is 0 Å². The Balaban J connectivity index is 1.33. The van der Waals surface area contributed by atoms with Crippen molar-refractivity contribution in [3.05, 3.63) is 82.8 Å². The highest BCUT2D eigenvalue weighted by Crippen LogP contribution is 2.25. The molecule has 1 fully saturated rings. The smallest absolute Gasteiger partial charge is 0.313 e. The molecule has 0 aliphatic carbocycles. The van der Waals surface area contributed by atoms with Gasteiger partial charge in [0.15, 0.2) is 0 Å². The number of hydrogen-bond donors (Lipinski definition) is 2. The van der Waals surface area contributed by atoms with Crippen LogP contribution in [0.5, 0.6) is 5.75 Å². The van der Waals surface area contributed by atoms with Gasteiger partial charge < -0.3 is 24.7 Å². The number of nitro benzene ring substituents is 1. The van der Waals surface area contributed by atoms with Crippen LogP contribution in [-0.4, -0.2) is 61.5 Å². The third-order valence-electron chi connectivity index (χ3n) is 6.06. The van der Waals surface area contributed by atoms with E-state index in [2.05, 4.69) is 20.4 Å². The van der Waals surface area contributed by atoms with Crippen LogP contribution >= 0.6 is 0 Å². The molecule has 2 heterocycles. The maximum Gasteiger partial charge on any atom is 0.313 e. The third kappa shape index (κ3) is 5.99. The molecule has 0 saturated carbocycles. The number of benzene rings is 2. The first kappa shape index (κ1) is 24.7. The molecule has 3 aromatic rings. The fraction of sp³-hybridized carbons (Fsp3) is 0.280. The molecule has 4 rings (SSSR count). The number of nitrogens with zero attached hydrogens (tertiary/aromatic N) is 3. The second kappa shape index (κ2) is 11.4. The van der Waals surface area contributed by atoms with E-state index in [9.17, 15) is 19.7 Å². The predicted molar refractivity (Wildman–Crippen MR) is 133 cm³/mol. The summed E-state index contributed by atoms with van der Waals surface area (Å²) in [5, 5.41) is 15.9. The second-order valence-electron chi connectivity index (χ2n) is 8.22. The fourth-order valence-electron chi connectivity index (χ4n) is 4.10. The lowest BCUT2D eigenvalue weighted by atomic mass is 10.1. The first-order chi connectivity index (χ1) is 17.4. The summed E-state index contributed by atoms with van der Waals surface area (Å²) in [5.74, 6) is -0.152. The van der Waals surface area contributed by atoms with Crippen LogP contribution < -0.4 is 20.3 Å². The van der Waals surface area contributed by atoms with Crippen molar-refractivity contribution in [3.63, 3.8) is 0 Å². The van der Waals surface area contributed by atoms with Gasteiger partial charge in [0.25, 0.3) is 5.69 Å². The number of piperazine rings is 1. The van der Waals surface area contributed by atoms with Crippen LogP contribution in [0.25, 0.3) is 0 Å². The Morgan fingerprint density at radius 1 is 1.03 bits per heavy atom. The molecular formula is C25H27N5O6. The van der Waals surface area contributed by atoms with E-state index in [-0.39, 0.29) is 24.0 Å². The Kier molecular flexibility index (Phi) is 7.81. The molecule has 1 aliphatic rings. The first-order valence-electron chi connectivity index (χ1n) is 11.4. The second-order valence-corrected chi connectivity index (χ2v) is 8.22. The molecule has 11 heteroatoms. The van der Waals surface area contributed by atoms with Gasteiger partial charge in [-0.15, -0.1) is 0 Å². The van der Waals surface area contributed by atoms with E-state index in [0.29, 0.717) is 5.76 Å². The standard InChI is InChI=1S/C25H27N5O6/c1-35-21-10-8-19(9-11-21)28-12-14-29(15-13-28)22(23-3-2-16-36-23)17-26-24(31)25(32)27-18-4-6-20(7-5-18)30(33)34/h2-11,16,22H,12-15,17H2,1H3,(H,26,31)(H,27,32). The van der Waals surface area contributed by atoms with Gasteiger partial charge in [0.1, 0.15) is 11.5 Å². The molecule has 2 N–H and O–H groups in total. The van der Waals surface area contributed by atoms with Crippen molar-refractivity contribution >= 4 is 28.9 Å². The zero-order valence-corrected chi connectivity index (χ0v) is 19.8. The van der Waals surface area contributed by atoms with Gasteiger partial charge in [-0.25, -0.2) is 0 Å². The number of anilines is 2. The van der Waals surface area contributed by atoms with E-state index >= 15 is 0 Å². The molecule has 0 bridgehead atoms. The molecule has 0 radical (unpaired) electrons. The zero-order valence-electron chi connectivity index (χ0n) is 19.8. The lowest BCUT2D eigenvalue weighted by molar-refractivity contribution is -0.384. The molecular weight excluding hydrogens is 466 g/mol. The van der Waals surface area contributed by atoms with Gasteiger partial charge in [-0.1, -0.05) is 0 Å². The number of furan rings is 1.